The third-order valence-electron chi connectivity index (χ3n) is 5.22. The van der Waals surface area contributed by atoms with E-state index < -0.39 is 0 Å². The summed E-state index contributed by atoms with van der Waals surface area (Å²) in [5.74, 6) is 2.17. The predicted molar refractivity (Wildman–Crippen MR) is 122 cm³/mol. The minimum atomic E-state index is -0.147. The van der Waals surface area contributed by atoms with Gasteiger partial charge >= 0.3 is 0 Å². The van der Waals surface area contributed by atoms with Crippen molar-refractivity contribution in [1.29, 1.82) is 0 Å². The van der Waals surface area contributed by atoms with Gasteiger partial charge in [-0.3, -0.25) is 4.79 Å². The maximum atomic E-state index is 13.1. The molecule has 0 spiro atoms. The molecule has 0 saturated carbocycles. The molecule has 5 rings (SSSR count). The summed E-state index contributed by atoms with van der Waals surface area (Å²) in [6.45, 7) is 2.10. The summed E-state index contributed by atoms with van der Waals surface area (Å²) in [6.07, 6.45) is 3.48. The molecule has 4 heterocycles. The van der Waals surface area contributed by atoms with Gasteiger partial charge in [0.15, 0.2) is 11.5 Å². The predicted octanol–water partition coefficient (Wildman–Crippen LogP) is 4.25. The van der Waals surface area contributed by atoms with Crippen LogP contribution in [0, 0.1) is 6.92 Å². The fraction of sp³-hybridized carbons (Fsp3) is 0.174. The molecule has 32 heavy (non-hydrogen) atoms. The number of hydrogen-bond acceptors (Lipinski definition) is 7. The molecule has 162 valence electrons. The molecular formula is C23H20N4O4S. The lowest BCUT2D eigenvalue weighted by Crippen LogP contribution is -2.22. The quantitative estimate of drug-likeness (QED) is 0.386. The molecule has 8 nitrogen and oxygen atoms in total. The van der Waals surface area contributed by atoms with Gasteiger partial charge in [-0.05, 0) is 36.6 Å². The standard InChI is InChI=1S/C23H20N4O4S/c1-14-17(24-22(31-14)15-6-4-7-19(29-2)21(15)30-3)13-26-9-10-27-18(23(26)28)12-16(25-27)20-8-5-11-32-20/h4-12H,13H2,1-3H3. The van der Waals surface area contributed by atoms with Crippen molar-refractivity contribution in [3.05, 3.63) is 76.0 Å². The van der Waals surface area contributed by atoms with Crippen LogP contribution < -0.4 is 15.0 Å². The van der Waals surface area contributed by atoms with E-state index in [1.54, 1.807) is 47.0 Å². The summed E-state index contributed by atoms with van der Waals surface area (Å²) < 4.78 is 20.0. The number of rotatable bonds is 6. The molecule has 0 fully saturated rings. The number of ether oxygens (including phenoxy) is 2. The first kappa shape index (κ1) is 20.1. The first-order valence-electron chi connectivity index (χ1n) is 9.89. The van der Waals surface area contributed by atoms with Crippen LogP contribution in [0.4, 0.5) is 0 Å². The van der Waals surface area contributed by atoms with Crippen LogP contribution in [-0.2, 0) is 6.54 Å². The third kappa shape index (κ3) is 3.36. The minimum absolute atomic E-state index is 0.147. The summed E-state index contributed by atoms with van der Waals surface area (Å²) in [6, 6.07) is 11.3. The van der Waals surface area contributed by atoms with Crippen LogP contribution in [0.5, 0.6) is 11.5 Å². The van der Waals surface area contributed by atoms with Crippen molar-refractivity contribution in [1.82, 2.24) is 19.2 Å². The maximum Gasteiger partial charge on any atom is 0.276 e. The van der Waals surface area contributed by atoms with E-state index in [2.05, 4.69) is 10.1 Å². The van der Waals surface area contributed by atoms with Crippen LogP contribution in [0.25, 0.3) is 27.5 Å². The monoisotopic (exact) mass is 448 g/mol. The van der Waals surface area contributed by atoms with E-state index in [0.29, 0.717) is 39.9 Å². The number of nitrogens with zero attached hydrogens (tertiary/aromatic N) is 4. The van der Waals surface area contributed by atoms with Gasteiger partial charge in [0.25, 0.3) is 5.56 Å². The molecule has 1 aromatic carbocycles. The van der Waals surface area contributed by atoms with Gasteiger partial charge in [0, 0.05) is 12.4 Å². The average Bonchev–Trinajstić information content (AvgIpc) is 3.55. The number of para-hydroxylation sites is 1. The van der Waals surface area contributed by atoms with Gasteiger partial charge in [0.1, 0.15) is 22.7 Å². The normalized spacial score (nSPS) is 11.2. The molecular weight excluding hydrogens is 428 g/mol. The zero-order valence-corrected chi connectivity index (χ0v) is 18.5. The number of fused-ring (bicyclic) bond motifs is 1. The highest BCUT2D eigenvalue weighted by Gasteiger charge is 2.19. The van der Waals surface area contributed by atoms with E-state index in [4.69, 9.17) is 13.9 Å². The molecule has 0 amide bonds. The molecule has 0 bridgehead atoms. The van der Waals surface area contributed by atoms with E-state index in [1.807, 2.05) is 48.7 Å². The topological polar surface area (TPSA) is 83.8 Å². The van der Waals surface area contributed by atoms with Crippen molar-refractivity contribution in [2.24, 2.45) is 0 Å². The Labute approximate surface area is 187 Å². The fourth-order valence-electron chi connectivity index (χ4n) is 3.60. The minimum Gasteiger partial charge on any atom is -0.493 e. The van der Waals surface area contributed by atoms with E-state index in [9.17, 15) is 4.79 Å². The molecule has 0 radical (unpaired) electrons. The maximum absolute atomic E-state index is 13.1. The molecule has 4 aromatic heterocycles. The molecule has 0 aliphatic heterocycles. The van der Waals surface area contributed by atoms with Crippen molar-refractivity contribution in [3.63, 3.8) is 0 Å². The number of oxazole rings is 1. The van der Waals surface area contributed by atoms with Crippen molar-refractivity contribution in [2.45, 2.75) is 13.5 Å². The van der Waals surface area contributed by atoms with Gasteiger partial charge < -0.3 is 18.5 Å². The van der Waals surface area contributed by atoms with E-state index >= 15 is 0 Å². The van der Waals surface area contributed by atoms with Gasteiger partial charge in [-0.2, -0.15) is 5.10 Å². The van der Waals surface area contributed by atoms with Crippen LogP contribution in [0.2, 0.25) is 0 Å². The summed E-state index contributed by atoms with van der Waals surface area (Å²) in [4.78, 5) is 18.8. The molecule has 0 saturated heterocycles. The highest BCUT2D eigenvalue weighted by molar-refractivity contribution is 7.13. The van der Waals surface area contributed by atoms with Crippen LogP contribution in [0.1, 0.15) is 11.5 Å². The summed E-state index contributed by atoms with van der Waals surface area (Å²) in [7, 11) is 3.15. The molecule has 0 aliphatic carbocycles. The van der Waals surface area contributed by atoms with Crippen LogP contribution in [0.3, 0.4) is 0 Å². The summed E-state index contributed by atoms with van der Waals surface area (Å²) >= 11 is 1.59. The Morgan fingerprint density at radius 1 is 1.12 bits per heavy atom. The second-order valence-corrected chi connectivity index (χ2v) is 8.08. The molecule has 0 aliphatic rings. The van der Waals surface area contributed by atoms with Gasteiger partial charge in [0.2, 0.25) is 5.89 Å². The number of hydrogen-bond donors (Lipinski definition) is 0. The van der Waals surface area contributed by atoms with Crippen LogP contribution in [-0.4, -0.2) is 33.4 Å². The van der Waals surface area contributed by atoms with Gasteiger partial charge in [-0.1, -0.05) is 12.1 Å². The Balaban J connectivity index is 1.51. The highest BCUT2D eigenvalue weighted by atomic mass is 32.1. The van der Waals surface area contributed by atoms with Crippen molar-refractivity contribution < 1.29 is 13.9 Å². The summed E-state index contributed by atoms with van der Waals surface area (Å²) in [5, 5.41) is 6.50. The van der Waals surface area contributed by atoms with Crippen molar-refractivity contribution >= 4 is 16.9 Å². The first-order valence-corrected chi connectivity index (χ1v) is 10.8. The number of thiophene rings is 1. The fourth-order valence-corrected chi connectivity index (χ4v) is 4.28. The Morgan fingerprint density at radius 2 is 2.00 bits per heavy atom. The Hall–Kier alpha value is -3.85. The SMILES string of the molecule is COc1cccc(-c2nc(Cn3ccn4nc(-c5cccs5)cc4c3=O)c(C)o2)c1OC. The van der Waals surface area contributed by atoms with E-state index in [-0.39, 0.29) is 12.1 Å². The molecule has 5 aromatic rings. The van der Waals surface area contributed by atoms with E-state index in [0.717, 1.165) is 10.6 Å². The molecule has 0 N–H and O–H groups in total. The molecule has 9 heteroatoms. The Bertz CT molecular complexity index is 1460. The zero-order valence-electron chi connectivity index (χ0n) is 17.7. The largest absolute Gasteiger partial charge is 0.493 e. The number of methoxy groups -OCH3 is 2. The lowest BCUT2D eigenvalue weighted by Gasteiger charge is -2.10. The molecule has 0 atom stereocenters. The Kier molecular flexibility index (Phi) is 5.02. The first-order chi connectivity index (χ1) is 15.6. The lowest BCUT2D eigenvalue weighted by atomic mass is 10.2. The van der Waals surface area contributed by atoms with Gasteiger partial charge in [-0.25, -0.2) is 9.50 Å². The zero-order chi connectivity index (χ0) is 22.2. The number of aryl methyl sites for hydroxylation is 1. The highest BCUT2D eigenvalue weighted by Crippen LogP contribution is 2.38. The smallest absolute Gasteiger partial charge is 0.276 e. The second kappa shape index (κ2) is 8.01. The third-order valence-corrected chi connectivity index (χ3v) is 6.12. The number of benzene rings is 1. The average molecular weight is 449 g/mol. The number of aromatic nitrogens is 4. The molecule has 0 unspecified atom stereocenters. The van der Waals surface area contributed by atoms with E-state index in [1.165, 1.54) is 0 Å². The second-order valence-electron chi connectivity index (χ2n) is 7.13. The van der Waals surface area contributed by atoms with Crippen LogP contribution >= 0.6 is 11.3 Å². The van der Waals surface area contributed by atoms with Crippen molar-refractivity contribution in [3.8, 4) is 33.5 Å². The summed E-state index contributed by atoms with van der Waals surface area (Å²) in [5.41, 5.74) is 2.48. The Morgan fingerprint density at radius 3 is 2.75 bits per heavy atom. The van der Waals surface area contributed by atoms with Gasteiger partial charge in [0.05, 0.1) is 31.2 Å². The lowest BCUT2D eigenvalue weighted by molar-refractivity contribution is 0.355. The van der Waals surface area contributed by atoms with Crippen LogP contribution in [0.15, 0.2) is 63.4 Å². The van der Waals surface area contributed by atoms with Gasteiger partial charge in [-0.15, -0.1) is 11.3 Å². The van der Waals surface area contributed by atoms with Crippen molar-refractivity contribution in [2.75, 3.05) is 14.2 Å².